The van der Waals surface area contributed by atoms with Crippen LogP contribution in [0.2, 0.25) is 0 Å². The second-order valence-corrected chi connectivity index (χ2v) is 6.46. The lowest BCUT2D eigenvalue weighted by Gasteiger charge is -2.09. The van der Waals surface area contributed by atoms with Gasteiger partial charge in [-0.15, -0.1) is 12.4 Å². The van der Waals surface area contributed by atoms with Crippen LogP contribution in [-0.2, 0) is 10.0 Å². The van der Waals surface area contributed by atoms with Gasteiger partial charge < -0.3 is 5.73 Å². The van der Waals surface area contributed by atoms with Crippen LogP contribution < -0.4 is 10.5 Å². The molecule has 2 aromatic rings. The summed E-state index contributed by atoms with van der Waals surface area (Å²) in [6, 6.07) is 12.8. The lowest BCUT2D eigenvalue weighted by atomic mass is 10.1. The first-order chi connectivity index (χ1) is 9.65. The minimum atomic E-state index is -3.46. The average molecular weight is 329 g/mol. The molecule has 0 bridgehead atoms. The monoisotopic (exact) mass is 328 g/mol. The van der Waals surface area contributed by atoms with Gasteiger partial charge in [0.25, 0.3) is 0 Å². The third kappa shape index (κ3) is 4.68. The van der Waals surface area contributed by atoms with Gasteiger partial charge in [0.15, 0.2) is 0 Å². The van der Waals surface area contributed by atoms with Crippen LogP contribution in [0, 0.1) is 0 Å². The molecule has 0 amide bonds. The molecule has 3 N–H and O–H groups in total. The van der Waals surface area contributed by atoms with Gasteiger partial charge in [-0.25, -0.2) is 13.1 Å². The van der Waals surface area contributed by atoms with Crippen molar-refractivity contribution in [3.05, 3.63) is 42.5 Å². The minimum Gasteiger partial charge on any atom is -0.330 e. The van der Waals surface area contributed by atoms with Gasteiger partial charge in [-0.3, -0.25) is 0 Å². The Kier molecular flexibility index (Phi) is 7.11. The van der Waals surface area contributed by atoms with E-state index < -0.39 is 10.0 Å². The first-order valence-corrected chi connectivity index (χ1v) is 8.31. The van der Waals surface area contributed by atoms with Gasteiger partial charge in [0.2, 0.25) is 10.0 Å². The zero-order valence-electron chi connectivity index (χ0n) is 11.8. The summed E-state index contributed by atoms with van der Waals surface area (Å²) in [4.78, 5) is 0.342. The van der Waals surface area contributed by atoms with E-state index in [-0.39, 0.29) is 12.4 Å². The van der Waals surface area contributed by atoms with E-state index in [2.05, 4.69) is 4.72 Å². The molecule has 0 spiro atoms. The van der Waals surface area contributed by atoms with Gasteiger partial charge in [0.05, 0.1) is 4.90 Å². The van der Waals surface area contributed by atoms with E-state index in [9.17, 15) is 8.42 Å². The molecule has 21 heavy (non-hydrogen) atoms. The van der Waals surface area contributed by atoms with E-state index in [1.807, 2.05) is 30.3 Å². The van der Waals surface area contributed by atoms with Crippen molar-refractivity contribution in [2.24, 2.45) is 5.73 Å². The molecule has 0 radical (unpaired) electrons. The van der Waals surface area contributed by atoms with Crippen molar-refractivity contribution in [2.75, 3.05) is 13.1 Å². The molecule has 0 aromatic heterocycles. The van der Waals surface area contributed by atoms with Crippen LogP contribution in [0.5, 0.6) is 0 Å². The molecule has 116 valence electrons. The molecule has 0 heterocycles. The van der Waals surface area contributed by atoms with Crippen LogP contribution in [0.4, 0.5) is 0 Å². The van der Waals surface area contributed by atoms with Crippen LogP contribution in [0.1, 0.15) is 19.3 Å². The SMILES string of the molecule is Cl.NCCCCCNS(=O)(=O)c1cccc2ccccc12. The molecule has 6 heteroatoms. The second-order valence-electron chi connectivity index (χ2n) is 4.72. The molecule has 0 saturated heterocycles. The molecule has 0 atom stereocenters. The summed E-state index contributed by atoms with van der Waals surface area (Å²) in [7, 11) is -3.46. The average Bonchev–Trinajstić information content (AvgIpc) is 2.46. The first-order valence-electron chi connectivity index (χ1n) is 6.82. The number of hydrogen-bond acceptors (Lipinski definition) is 3. The fourth-order valence-electron chi connectivity index (χ4n) is 2.16. The third-order valence-corrected chi connectivity index (χ3v) is 4.73. The highest BCUT2D eigenvalue weighted by Crippen LogP contribution is 2.22. The van der Waals surface area contributed by atoms with Crippen molar-refractivity contribution < 1.29 is 8.42 Å². The fraction of sp³-hybridized carbons (Fsp3) is 0.333. The summed E-state index contributed by atoms with van der Waals surface area (Å²) in [6.07, 6.45) is 2.67. The Morgan fingerprint density at radius 2 is 1.67 bits per heavy atom. The van der Waals surface area contributed by atoms with E-state index in [4.69, 9.17) is 5.73 Å². The second kappa shape index (κ2) is 8.34. The quantitative estimate of drug-likeness (QED) is 0.767. The van der Waals surface area contributed by atoms with Gasteiger partial charge in [-0.1, -0.05) is 42.8 Å². The Morgan fingerprint density at radius 1 is 0.952 bits per heavy atom. The van der Waals surface area contributed by atoms with Gasteiger partial charge in [-0.2, -0.15) is 0 Å². The number of nitrogens with two attached hydrogens (primary N) is 1. The van der Waals surface area contributed by atoms with Crippen LogP contribution in [0.15, 0.2) is 47.4 Å². The zero-order valence-corrected chi connectivity index (χ0v) is 13.4. The number of hydrogen-bond donors (Lipinski definition) is 2. The molecule has 0 aliphatic heterocycles. The number of unbranched alkanes of at least 4 members (excludes halogenated alkanes) is 2. The van der Waals surface area contributed by atoms with E-state index in [0.29, 0.717) is 18.0 Å². The summed E-state index contributed by atoms with van der Waals surface area (Å²) >= 11 is 0. The lowest BCUT2D eigenvalue weighted by molar-refractivity contribution is 0.576. The summed E-state index contributed by atoms with van der Waals surface area (Å²) in [6.45, 7) is 1.10. The minimum absolute atomic E-state index is 0. The third-order valence-electron chi connectivity index (χ3n) is 3.21. The topological polar surface area (TPSA) is 72.2 Å². The summed E-state index contributed by atoms with van der Waals surface area (Å²) < 4.78 is 27.3. The lowest BCUT2D eigenvalue weighted by Crippen LogP contribution is -2.25. The Bertz CT molecular complexity index is 669. The van der Waals surface area contributed by atoms with Crippen LogP contribution in [0.25, 0.3) is 10.8 Å². The molecule has 2 aromatic carbocycles. The number of benzene rings is 2. The Balaban J connectivity index is 0.00000220. The summed E-state index contributed by atoms with van der Waals surface area (Å²) in [5.74, 6) is 0. The van der Waals surface area contributed by atoms with Crippen LogP contribution in [-0.4, -0.2) is 21.5 Å². The Labute approximate surface area is 132 Å². The number of rotatable bonds is 7. The number of fused-ring (bicyclic) bond motifs is 1. The Morgan fingerprint density at radius 3 is 2.43 bits per heavy atom. The largest absolute Gasteiger partial charge is 0.330 e. The van der Waals surface area contributed by atoms with Gasteiger partial charge in [0.1, 0.15) is 0 Å². The van der Waals surface area contributed by atoms with E-state index in [1.165, 1.54) is 0 Å². The van der Waals surface area contributed by atoms with E-state index >= 15 is 0 Å². The molecule has 0 saturated carbocycles. The molecule has 0 aliphatic carbocycles. The van der Waals surface area contributed by atoms with Crippen molar-refractivity contribution in [3.63, 3.8) is 0 Å². The van der Waals surface area contributed by atoms with Crippen molar-refractivity contribution in [1.82, 2.24) is 4.72 Å². The predicted molar refractivity (Wildman–Crippen MR) is 89.3 cm³/mol. The molecular formula is C15H21ClN2O2S. The smallest absolute Gasteiger partial charge is 0.241 e. The van der Waals surface area contributed by atoms with Crippen LogP contribution in [0.3, 0.4) is 0 Å². The predicted octanol–water partition coefficient (Wildman–Crippen LogP) is 2.67. The highest BCUT2D eigenvalue weighted by Gasteiger charge is 2.15. The fourth-order valence-corrected chi connectivity index (χ4v) is 3.46. The van der Waals surface area contributed by atoms with Crippen LogP contribution >= 0.6 is 12.4 Å². The van der Waals surface area contributed by atoms with Crippen molar-refractivity contribution in [3.8, 4) is 0 Å². The van der Waals surface area contributed by atoms with E-state index in [1.54, 1.807) is 12.1 Å². The number of sulfonamides is 1. The number of halogens is 1. The molecule has 2 rings (SSSR count). The van der Waals surface area contributed by atoms with Crippen molar-refractivity contribution >= 4 is 33.2 Å². The Hall–Kier alpha value is -1.14. The molecule has 4 nitrogen and oxygen atoms in total. The number of nitrogens with one attached hydrogen (secondary N) is 1. The van der Waals surface area contributed by atoms with E-state index in [0.717, 1.165) is 30.0 Å². The van der Waals surface area contributed by atoms with Gasteiger partial charge in [-0.05, 0) is 30.8 Å². The maximum Gasteiger partial charge on any atom is 0.241 e. The molecule has 0 fully saturated rings. The first kappa shape index (κ1) is 17.9. The highest BCUT2D eigenvalue weighted by molar-refractivity contribution is 7.89. The molecular weight excluding hydrogens is 308 g/mol. The molecule has 0 aliphatic rings. The van der Waals surface area contributed by atoms with Gasteiger partial charge in [0, 0.05) is 11.9 Å². The van der Waals surface area contributed by atoms with Crippen molar-refractivity contribution in [2.45, 2.75) is 24.2 Å². The zero-order chi connectivity index (χ0) is 14.4. The summed E-state index contributed by atoms with van der Waals surface area (Å²) in [5.41, 5.74) is 5.41. The van der Waals surface area contributed by atoms with Gasteiger partial charge >= 0.3 is 0 Å². The van der Waals surface area contributed by atoms with Crippen molar-refractivity contribution in [1.29, 1.82) is 0 Å². The molecule has 0 unspecified atom stereocenters. The maximum atomic E-state index is 12.3. The normalized spacial score (nSPS) is 11.3. The maximum absolute atomic E-state index is 12.3. The highest BCUT2D eigenvalue weighted by atomic mass is 35.5. The standard InChI is InChI=1S/C15H20N2O2S.ClH/c16-11-4-1-5-12-17-20(18,19)15-10-6-8-13-7-2-3-9-14(13)15;/h2-3,6-10,17H,1,4-5,11-12,16H2;1H. The summed E-state index contributed by atoms with van der Waals surface area (Å²) in [5, 5.41) is 1.68.